The van der Waals surface area contributed by atoms with E-state index in [0.717, 1.165) is 37.3 Å². The van der Waals surface area contributed by atoms with E-state index in [1.165, 1.54) is 0 Å². The molecule has 1 aromatic carbocycles. The summed E-state index contributed by atoms with van der Waals surface area (Å²) in [4.78, 5) is 4.75. The van der Waals surface area contributed by atoms with Crippen LogP contribution < -0.4 is 10.2 Å². The Labute approximate surface area is 128 Å². The predicted octanol–water partition coefficient (Wildman–Crippen LogP) is 2.85. The number of piperazine rings is 1. The second-order valence-electron chi connectivity index (χ2n) is 6.26. The largest absolute Gasteiger partial charge is 0.368 e. The van der Waals surface area contributed by atoms with Crippen molar-refractivity contribution in [1.82, 2.24) is 10.2 Å². The Morgan fingerprint density at radius 1 is 1.33 bits per heavy atom. The van der Waals surface area contributed by atoms with Gasteiger partial charge in [-0.25, -0.2) is 4.39 Å². The van der Waals surface area contributed by atoms with Gasteiger partial charge in [-0.15, -0.1) is 0 Å². The van der Waals surface area contributed by atoms with E-state index in [0.29, 0.717) is 18.6 Å². The molecule has 1 saturated heterocycles. The molecule has 1 aliphatic heterocycles. The first-order valence-electron chi connectivity index (χ1n) is 7.98. The van der Waals surface area contributed by atoms with Gasteiger partial charge < -0.3 is 10.2 Å². The summed E-state index contributed by atoms with van der Waals surface area (Å²) in [6.07, 6.45) is 1.13. The zero-order valence-electron chi connectivity index (χ0n) is 13.7. The second-order valence-corrected chi connectivity index (χ2v) is 6.26. The first kappa shape index (κ1) is 16.2. The number of halogens is 1. The number of hydrogen-bond donors (Lipinski definition) is 1. The van der Waals surface area contributed by atoms with Crippen LogP contribution in [-0.4, -0.2) is 43.7 Å². The zero-order valence-corrected chi connectivity index (χ0v) is 13.7. The number of nitrogens with zero attached hydrogens (tertiary/aromatic N) is 2. The van der Waals surface area contributed by atoms with Crippen LogP contribution >= 0.6 is 0 Å². The van der Waals surface area contributed by atoms with E-state index >= 15 is 0 Å². The summed E-state index contributed by atoms with van der Waals surface area (Å²) in [5.41, 5.74) is 1.85. The number of likely N-dealkylation sites (N-methyl/N-ethyl adjacent to an activating group) is 1. The molecule has 118 valence electrons. The summed E-state index contributed by atoms with van der Waals surface area (Å²) < 4.78 is 14.2. The van der Waals surface area contributed by atoms with Crippen molar-refractivity contribution in [2.45, 2.75) is 45.8 Å². The van der Waals surface area contributed by atoms with Crippen molar-refractivity contribution < 1.29 is 4.39 Å². The number of hydrogen-bond acceptors (Lipinski definition) is 3. The topological polar surface area (TPSA) is 18.5 Å². The lowest BCUT2D eigenvalue weighted by molar-refractivity contribution is 0.213. The standard InChI is InChI=1S/C17H28FN3/c1-5-14-12-21(10-9-20(14)4)17-8-6-7-16(18)15(17)11-19-13(2)3/h6-8,13-14,19H,5,9-12H2,1-4H3. The summed E-state index contributed by atoms with van der Waals surface area (Å²) in [5, 5.41) is 3.34. The zero-order chi connectivity index (χ0) is 15.4. The molecule has 1 atom stereocenters. The first-order chi connectivity index (χ1) is 10.0. The maximum Gasteiger partial charge on any atom is 0.129 e. The maximum absolute atomic E-state index is 14.2. The second kappa shape index (κ2) is 7.23. The molecule has 2 rings (SSSR count). The molecule has 0 bridgehead atoms. The highest BCUT2D eigenvalue weighted by molar-refractivity contribution is 5.55. The van der Waals surface area contributed by atoms with Crippen LogP contribution in [0.25, 0.3) is 0 Å². The lowest BCUT2D eigenvalue weighted by atomic mass is 10.1. The normalized spacial score (nSPS) is 20.3. The molecular formula is C17H28FN3. The fourth-order valence-electron chi connectivity index (χ4n) is 2.93. The summed E-state index contributed by atoms with van der Waals surface area (Å²) >= 11 is 0. The van der Waals surface area contributed by atoms with Gasteiger partial charge in [0.1, 0.15) is 5.82 Å². The molecule has 1 fully saturated rings. The van der Waals surface area contributed by atoms with Gasteiger partial charge in [0.25, 0.3) is 0 Å². The molecule has 21 heavy (non-hydrogen) atoms. The third-order valence-electron chi connectivity index (χ3n) is 4.37. The molecule has 0 spiro atoms. The molecule has 3 nitrogen and oxygen atoms in total. The van der Waals surface area contributed by atoms with E-state index in [1.54, 1.807) is 6.07 Å². The van der Waals surface area contributed by atoms with E-state index in [1.807, 2.05) is 6.07 Å². The fraction of sp³-hybridized carbons (Fsp3) is 0.647. The van der Waals surface area contributed by atoms with Crippen LogP contribution in [-0.2, 0) is 6.54 Å². The van der Waals surface area contributed by atoms with E-state index < -0.39 is 0 Å². The van der Waals surface area contributed by atoms with Gasteiger partial charge in [0.05, 0.1) is 0 Å². The van der Waals surface area contributed by atoms with Crippen LogP contribution in [0, 0.1) is 5.82 Å². The van der Waals surface area contributed by atoms with Crippen molar-refractivity contribution in [3.8, 4) is 0 Å². The van der Waals surface area contributed by atoms with Crippen LogP contribution in [0.4, 0.5) is 10.1 Å². The van der Waals surface area contributed by atoms with Crippen LogP contribution in [0.15, 0.2) is 18.2 Å². The Kier molecular flexibility index (Phi) is 5.59. The number of benzene rings is 1. The van der Waals surface area contributed by atoms with Crippen LogP contribution in [0.3, 0.4) is 0 Å². The average molecular weight is 293 g/mol. The summed E-state index contributed by atoms with van der Waals surface area (Å²) in [6, 6.07) is 6.34. The summed E-state index contributed by atoms with van der Waals surface area (Å²) in [5.74, 6) is -0.104. The summed E-state index contributed by atoms with van der Waals surface area (Å²) in [7, 11) is 2.18. The molecule has 4 heteroatoms. The molecule has 1 aromatic rings. The highest BCUT2D eigenvalue weighted by Gasteiger charge is 2.25. The third-order valence-corrected chi connectivity index (χ3v) is 4.37. The highest BCUT2D eigenvalue weighted by Crippen LogP contribution is 2.26. The van der Waals surface area contributed by atoms with Crippen LogP contribution in [0.5, 0.6) is 0 Å². The lowest BCUT2D eigenvalue weighted by Crippen LogP contribution is -2.51. The Balaban J connectivity index is 2.20. The number of anilines is 1. The molecule has 1 N–H and O–H groups in total. The number of nitrogens with one attached hydrogen (secondary N) is 1. The number of rotatable bonds is 5. The molecule has 0 radical (unpaired) electrons. The van der Waals surface area contributed by atoms with Crippen molar-refractivity contribution in [2.75, 3.05) is 31.6 Å². The molecule has 1 unspecified atom stereocenters. The van der Waals surface area contributed by atoms with E-state index in [-0.39, 0.29) is 5.82 Å². The van der Waals surface area contributed by atoms with Gasteiger partial charge in [-0.05, 0) is 25.6 Å². The van der Waals surface area contributed by atoms with Crippen molar-refractivity contribution >= 4 is 5.69 Å². The minimum Gasteiger partial charge on any atom is -0.368 e. The van der Waals surface area contributed by atoms with Gasteiger partial charge in [-0.3, -0.25) is 4.90 Å². The van der Waals surface area contributed by atoms with E-state index in [4.69, 9.17) is 0 Å². The van der Waals surface area contributed by atoms with Crippen LogP contribution in [0.2, 0.25) is 0 Å². The molecule has 0 aliphatic carbocycles. The minimum atomic E-state index is -0.104. The summed E-state index contributed by atoms with van der Waals surface area (Å²) in [6.45, 7) is 9.95. The van der Waals surface area contributed by atoms with Gasteiger partial charge in [-0.1, -0.05) is 26.8 Å². The molecule has 1 aliphatic rings. The van der Waals surface area contributed by atoms with Gasteiger partial charge in [0.2, 0.25) is 0 Å². The molecule has 0 aromatic heterocycles. The molecular weight excluding hydrogens is 265 g/mol. The maximum atomic E-state index is 14.2. The fourth-order valence-corrected chi connectivity index (χ4v) is 2.93. The average Bonchev–Trinajstić information content (AvgIpc) is 2.46. The molecule has 0 amide bonds. The SMILES string of the molecule is CCC1CN(c2cccc(F)c2CNC(C)C)CCN1C. The first-order valence-corrected chi connectivity index (χ1v) is 7.98. The van der Waals surface area contributed by atoms with Crippen LogP contribution in [0.1, 0.15) is 32.8 Å². The van der Waals surface area contributed by atoms with Gasteiger partial charge in [0.15, 0.2) is 0 Å². The van der Waals surface area contributed by atoms with Gasteiger partial charge >= 0.3 is 0 Å². The minimum absolute atomic E-state index is 0.104. The quantitative estimate of drug-likeness (QED) is 0.900. The Morgan fingerprint density at radius 3 is 2.76 bits per heavy atom. The third kappa shape index (κ3) is 3.95. The van der Waals surface area contributed by atoms with E-state index in [2.05, 4.69) is 49.0 Å². The van der Waals surface area contributed by atoms with Crippen molar-refractivity contribution in [3.63, 3.8) is 0 Å². The Hall–Kier alpha value is -1.13. The molecule has 1 heterocycles. The smallest absolute Gasteiger partial charge is 0.129 e. The van der Waals surface area contributed by atoms with Crippen molar-refractivity contribution in [3.05, 3.63) is 29.6 Å². The Bertz CT molecular complexity index is 461. The predicted molar refractivity (Wildman–Crippen MR) is 87.3 cm³/mol. The van der Waals surface area contributed by atoms with Gasteiger partial charge in [-0.2, -0.15) is 0 Å². The van der Waals surface area contributed by atoms with Crippen molar-refractivity contribution in [1.29, 1.82) is 0 Å². The highest BCUT2D eigenvalue weighted by atomic mass is 19.1. The van der Waals surface area contributed by atoms with Gasteiger partial charge in [0, 0.05) is 49.5 Å². The van der Waals surface area contributed by atoms with E-state index in [9.17, 15) is 4.39 Å². The molecule has 0 saturated carbocycles. The Morgan fingerprint density at radius 2 is 2.10 bits per heavy atom. The van der Waals surface area contributed by atoms with Crippen molar-refractivity contribution in [2.24, 2.45) is 0 Å². The lowest BCUT2D eigenvalue weighted by Gasteiger charge is -2.41. The monoisotopic (exact) mass is 293 g/mol.